The van der Waals surface area contributed by atoms with Crippen molar-refractivity contribution in [1.82, 2.24) is 9.80 Å². The van der Waals surface area contributed by atoms with Gasteiger partial charge in [0, 0.05) is 39.8 Å². The van der Waals surface area contributed by atoms with Gasteiger partial charge in [0.05, 0.1) is 0 Å². The van der Waals surface area contributed by atoms with Gasteiger partial charge in [0.1, 0.15) is 6.61 Å². The van der Waals surface area contributed by atoms with Crippen molar-refractivity contribution in [2.75, 3.05) is 39.9 Å². The second-order valence-electron chi connectivity index (χ2n) is 5.23. The third-order valence-corrected chi connectivity index (χ3v) is 3.61. The summed E-state index contributed by atoms with van der Waals surface area (Å²) in [5.74, 6) is -1.32. The molecule has 1 aromatic rings. The van der Waals surface area contributed by atoms with Crippen molar-refractivity contribution in [2.24, 2.45) is 0 Å². The van der Waals surface area contributed by atoms with Crippen LogP contribution in [-0.2, 0) is 16.1 Å². The number of alkyl halides is 2. The summed E-state index contributed by atoms with van der Waals surface area (Å²) in [4.78, 5) is 15.5. The SMILES string of the molecule is COCC(=O)N1CCN(Cc2ccc(OC(F)F)c(F)c2)CC1. The van der Waals surface area contributed by atoms with Gasteiger partial charge in [-0.15, -0.1) is 0 Å². The summed E-state index contributed by atoms with van der Waals surface area (Å²) in [7, 11) is 1.48. The van der Waals surface area contributed by atoms with Crippen molar-refractivity contribution >= 4 is 5.91 Å². The lowest BCUT2D eigenvalue weighted by molar-refractivity contribution is -0.136. The number of piperazine rings is 1. The molecular formula is C15H19F3N2O3. The minimum Gasteiger partial charge on any atom is -0.432 e. The van der Waals surface area contributed by atoms with Crippen LogP contribution in [0.1, 0.15) is 5.56 Å². The quantitative estimate of drug-likeness (QED) is 0.795. The summed E-state index contributed by atoms with van der Waals surface area (Å²) in [6.07, 6.45) is 0. The van der Waals surface area contributed by atoms with E-state index in [0.29, 0.717) is 38.3 Å². The maximum Gasteiger partial charge on any atom is 0.387 e. The predicted octanol–water partition coefficient (Wildman–Crippen LogP) is 1.72. The molecule has 1 heterocycles. The minimum absolute atomic E-state index is 0.0494. The molecule has 0 aliphatic carbocycles. The molecule has 2 rings (SSSR count). The maximum absolute atomic E-state index is 13.7. The van der Waals surface area contributed by atoms with Crippen molar-refractivity contribution in [2.45, 2.75) is 13.2 Å². The Labute approximate surface area is 132 Å². The van der Waals surface area contributed by atoms with Crippen LogP contribution in [0, 0.1) is 5.82 Å². The first kappa shape index (κ1) is 17.6. The number of carbonyl (C=O) groups excluding carboxylic acids is 1. The van der Waals surface area contributed by atoms with Gasteiger partial charge in [-0.05, 0) is 17.7 Å². The number of rotatable bonds is 6. The summed E-state index contributed by atoms with van der Waals surface area (Å²) in [5, 5.41) is 0. The molecule has 1 aliphatic rings. The molecule has 5 nitrogen and oxygen atoms in total. The third kappa shape index (κ3) is 5.11. The number of nitrogens with zero attached hydrogens (tertiary/aromatic N) is 2. The first-order valence-corrected chi connectivity index (χ1v) is 7.22. The Bertz CT molecular complexity index is 535. The molecular weight excluding hydrogens is 313 g/mol. The van der Waals surface area contributed by atoms with E-state index >= 15 is 0 Å². The summed E-state index contributed by atoms with van der Waals surface area (Å²) in [6, 6.07) is 3.96. The van der Waals surface area contributed by atoms with E-state index in [1.165, 1.54) is 19.2 Å². The molecule has 0 N–H and O–H groups in total. The number of amides is 1. The van der Waals surface area contributed by atoms with Crippen LogP contribution in [0.25, 0.3) is 0 Å². The fourth-order valence-electron chi connectivity index (χ4n) is 2.46. The van der Waals surface area contributed by atoms with Gasteiger partial charge in [0.15, 0.2) is 11.6 Å². The number of halogens is 3. The molecule has 23 heavy (non-hydrogen) atoms. The first-order chi connectivity index (χ1) is 11.0. The average molecular weight is 332 g/mol. The minimum atomic E-state index is -3.05. The summed E-state index contributed by atoms with van der Waals surface area (Å²) in [6.45, 7) is -0.0181. The summed E-state index contributed by atoms with van der Waals surface area (Å²) < 4.78 is 46.8. The smallest absolute Gasteiger partial charge is 0.387 e. The maximum atomic E-state index is 13.7. The molecule has 1 saturated heterocycles. The lowest BCUT2D eigenvalue weighted by Crippen LogP contribution is -2.49. The van der Waals surface area contributed by atoms with Crippen molar-refractivity contribution in [1.29, 1.82) is 0 Å². The van der Waals surface area contributed by atoms with Crippen LogP contribution in [0.3, 0.4) is 0 Å². The highest BCUT2D eigenvalue weighted by Crippen LogP contribution is 2.21. The summed E-state index contributed by atoms with van der Waals surface area (Å²) in [5.41, 5.74) is 0.667. The van der Waals surface area contributed by atoms with Gasteiger partial charge in [-0.2, -0.15) is 8.78 Å². The molecule has 0 atom stereocenters. The van der Waals surface area contributed by atoms with Gasteiger partial charge in [-0.1, -0.05) is 6.07 Å². The second kappa shape index (κ2) is 8.16. The zero-order valence-electron chi connectivity index (χ0n) is 12.8. The van der Waals surface area contributed by atoms with Crippen molar-refractivity contribution < 1.29 is 27.4 Å². The van der Waals surface area contributed by atoms with Gasteiger partial charge >= 0.3 is 6.61 Å². The molecule has 0 saturated carbocycles. The van der Waals surface area contributed by atoms with Gasteiger partial charge in [-0.3, -0.25) is 9.69 Å². The van der Waals surface area contributed by atoms with Gasteiger partial charge < -0.3 is 14.4 Å². The third-order valence-electron chi connectivity index (χ3n) is 3.61. The lowest BCUT2D eigenvalue weighted by atomic mass is 10.2. The van der Waals surface area contributed by atoms with Crippen LogP contribution in [0.2, 0.25) is 0 Å². The van der Waals surface area contributed by atoms with E-state index in [1.807, 2.05) is 0 Å². The monoisotopic (exact) mass is 332 g/mol. The normalized spacial score (nSPS) is 16.0. The summed E-state index contributed by atoms with van der Waals surface area (Å²) >= 11 is 0. The van der Waals surface area contributed by atoms with E-state index in [1.54, 1.807) is 11.0 Å². The van der Waals surface area contributed by atoms with E-state index < -0.39 is 18.2 Å². The largest absolute Gasteiger partial charge is 0.432 e. The molecule has 0 bridgehead atoms. The molecule has 0 unspecified atom stereocenters. The molecule has 1 aliphatic heterocycles. The van der Waals surface area contributed by atoms with Gasteiger partial charge in [0.25, 0.3) is 0 Å². The number of ether oxygens (including phenoxy) is 2. The number of hydrogen-bond acceptors (Lipinski definition) is 4. The fourth-order valence-corrected chi connectivity index (χ4v) is 2.46. The molecule has 0 radical (unpaired) electrons. The zero-order chi connectivity index (χ0) is 16.8. The Morgan fingerprint density at radius 3 is 2.52 bits per heavy atom. The van der Waals surface area contributed by atoms with Crippen LogP contribution in [0.15, 0.2) is 18.2 Å². The Morgan fingerprint density at radius 2 is 1.96 bits per heavy atom. The number of hydrogen-bond donors (Lipinski definition) is 0. The van der Waals surface area contributed by atoms with Gasteiger partial charge in [-0.25, -0.2) is 4.39 Å². The van der Waals surface area contributed by atoms with Crippen molar-refractivity contribution in [3.8, 4) is 5.75 Å². The molecule has 1 amide bonds. The Hall–Kier alpha value is -1.80. The molecule has 1 fully saturated rings. The lowest BCUT2D eigenvalue weighted by Gasteiger charge is -2.34. The van der Waals surface area contributed by atoms with E-state index in [9.17, 15) is 18.0 Å². The van der Waals surface area contributed by atoms with Crippen LogP contribution in [0.5, 0.6) is 5.75 Å². The molecule has 128 valence electrons. The van der Waals surface area contributed by atoms with Crippen LogP contribution in [0.4, 0.5) is 13.2 Å². The first-order valence-electron chi connectivity index (χ1n) is 7.22. The Kier molecular flexibility index (Phi) is 6.23. The Morgan fingerprint density at radius 1 is 1.26 bits per heavy atom. The molecule has 8 heteroatoms. The van der Waals surface area contributed by atoms with E-state index in [-0.39, 0.29) is 12.5 Å². The molecule has 0 spiro atoms. The van der Waals surface area contributed by atoms with Crippen LogP contribution < -0.4 is 4.74 Å². The molecule has 1 aromatic carbocycles. The number of benzene rings is 1. The standard InChI is InChI=1S/C15H19F3N2O3/c1-22-10-14(21)20-6-4-19(5-7-20)9-11-2-3-13(12(16)8-11)23-15(17)18/h2-3,8,15H,4-7,9-10H2,1H3. The topological polar surface area (TPSA) is 42.0 Å². The fraction of sp³-hybridized carbons (Fsp3) is 0.533. The predicted molar refractivity (Wildman–Crippen MR) is 76.8 cm³/mol. The zero-order valence-corrected chi connectivity index (χ0v) is 12.8. The molecule has 0 aromatic heterocycles. The highest BCUT2D eigenvalue weighted by atomic mass is 19.3. The second-order valence-corrected chi connectivity index (χ2v) is 5.23. The van der Waals surface area contributed by atoms with Crippen LogP contribution >= 0.6 is 0 Å². The van der Waals surface area contributed by atoms with Crippen molar-refractivity contribution in [3.63, 3.8) is 0 Å². The Balaban J connectivity index is 1.87. The highest BCUT2D eigenvalue weighted by molar-refractivity contribution is 5.77. The number of carbonyl (C=O) groups is 1. The van der Waals surface area contributed by atoms with Gasteiger partial charge in [0.2, 0.25) is 5.91 Å². The van der Waals surface area contributed by atoms with Crippen molar-refractivity contribution in [3.05, 3.63) is 29.6 Å². The van der Waals surface area contributed by atoms with E-state index in [2.05, 4.69) is 9.64 Å². The average Bonchev–Trinajstić information content (AvgIpc) is 2.50. The van der Waals surface area contributed by atoms with E-state index in [4.69, 9.17) is 4.74 Å². The number of methoxy groups -OCH3 is 1. The highest BCUT2D eigenvalue weighted by Gasteiger charge is 2.21. The van der Waals surface area contributed by atoms with Crippen LogP contribution in [-0.4, -0.2) is 62.2 Å². The van der Waals surface area contributed by atoms with E-state index in [0.717, 1.165) is 0 Å².